The third kappa shape index (κ3) is 2.96. The molecule has 1 N–H and O–H groups in total. The van der Waals surface area contributed by atoms with Gasteiger partial charge in [-0.05, 0) is 30.8 Å². The molecule has 4 nitrogen and oxygen atoms in total. The zero-order chi connectivity index (χ0) is 12.4. The van der Waals surface area contributed by atoms with E-state index >= 15 is 0 Å². The maximum absolute atomic E-state index is 10.9. The maximum atomic E-state index is 10.9. The minimum atomic E-state index is -1.13. The van der Waals surface area contributed by atoms with E-state index in [4.69, 9.17) is 16.7 Å². The SMILES string of the molecule is Cc1csc(Sc2ccc(Cl)c(C(=O)O)n2)n1. The highest BCUT2D eigenvalue weighted by Crippen LogP contribution is 2.30. The normalized spacial score (nSPS) is 10.5. The number of aromatic carboxylic acids is 1. The molecule has 0 saturated carbocycles. The number of carbonyl (C=O) groups is 1. The first-order valence-corrected chi connectivity index (χ1v) is 6.63. The van der Waals surface area contributed by atoms with Gasteiger partial charge in [0.05, 0.1) is 5.02 Å². The van der Waals surface area contributed by atoms with Gasteiger partial charge in [-0.3, -0.25) is 0 Å². The number of aryl methyl sites for hydroxylation is 1. The van der Waals surface area contributed by atoms with Gasteiger partial charge in [-0.15, -0.1) is 11.3 Å². The Kier molecular flexibility index (Phi) is 3.66. The largest absolute Gasteiger partial charge is 0.476 e. The Hall–Kier alpha value is -1.11. The van der Waals surface area contributed by atoms with Crippen molar-refractivity contribution in [3.8, 4) is 0 Å². The number of nitrogens with zero attached hydrogens (tertiary/aromatic N) is 2. The van der Waals surface area contributed by atoms with E-state index < -0.39 is 5.97 Å². The summed E-state index contributed by atoms with van der Waals surface area (Å²) < 4.78 is 0.827. The quantitative estimate of drug-likeness (QED) is 0.937. The van der Waals surface area contributed by atoms with E-state index in [0.29, 0.717) is 5.03 Å². The minimum Gasteiger partial charge on any atom is -0.476 e. The summed E-state index contributed by atoms with van der Waals surface area (Å²) in [4.78, 5) is 19.1. The summed E-state index contributed by atoms with van der Waals surface area (Å²) in [6.07, 6.45) is 0. The number of carboxylic acid groups (broad SMARTS) is 1. The van der Waals surface area contributed by atoms with Crippen LogP contribution in [-0.4, -0.2) is 21.0 Å². The summed E-state index contributed by atoms with van der Waals surface area (Å²) in [7, 11) is 0. The van der Waals surface area contributed by atoms with Gasteiger partial charge in [-0.1, -0.05) is 11.6 Å². The third-order valence-electron chi connectivity index (χ3n) is 1.81. The molecular weight excluding hydrogens is 280 g/mol. The Morgan fingerprint density at radius 2 is 2.24 bits per heavy atom. The highest BCUT2D eigenvalue weighted by Gasteiger charge is 2.12. The predicted octanol–water partition coefficient (Wildman–Crippen LogP) is 3.35. The van der Waals surface area contributed by atoms with Crippen LogP contribution in [0.1, 0.15) is 16.2 Å². The van der Waals surface area contributed by atoms with Crippen LogP contribution in [0, 0.1) is 6.92 Å². The molecule has 0 aliphatic carbocycles. The Balaban J connectivity index is 2.28. The molecular formula is C10H7ClN2O2S2. The van der Waals surface area contributed by atoms with Gasteiger partial charge in [0.2, 0.25) is 0 Å². The molecule has 0 atom stereocenters. The first kappa shape index (κ1) is 12.3. The number of pyridine rings is 1. The Morgan fingerprint density at radius 3 is 2.82 bits per heavy atom. The van der Waals surface area contributed by atoms with E-state index in [2.05, 4.69) is 9.97 Å². The van der Waals surface area contributed by atoms with Crippen LogP contribution in [0.5, 0.6) is 0 Å². The number of carboxylic acids is 1. The van der Waals surface area contributed by atoms with Crippen molar-refractivity contribution in [2.45, 2.75) is 16.3 Å². The van der Waals surface area contributed by atoms with E-state index in [1.54, 1.807) is 6.07 Å². The minimum absolute atomic E-state index is 0.134. The number of hydrogen-bond donors (Lipinski definition) is 1. The molecule has 2 aromatic heterocycles. The van der Waals surface area contributed by atoms with Crippen molar-refractivity contribution in [1.82, 2.24) is 9.97 Å². The fraction of sp³-hybridized carbons (Fsp3) is 0.100. The van der Waals surface area contributed by atoms with E-state index in [0.717, 1.165) is 10.0 Å². The molecule has 0 aromatic carbocycles. The standard InChI is InChI=1S/C10H7ClN2O2S2/c1-5-4-16-10(12-5)17-7-3-2-6(11)8(13-7)9(14)15/h2-4H,1H3,(H,14,15). The number of thiazole rings is 1. The predicted molar refractivity (Wildman–Crippen MR) is 67.2 cm³/mol. The number of hydrogen-bond acceptors (Lipinski definition) is 5. The van der Waals surface area contributed by atoms with E-state index in [1.807, 2.05) is 12.3 Å². The van der Waals surface area contributed by atoms with E-state index in [9.17, 15) is 4.79 Å². The van der Waals surface area contributed by atoms with Crippen LogP contribution >= 0.6 is 34.7 Å². The van der Waals surface area contributed by atoms with Gasteiger partial charge >= 0.3 is 5.97 Å². The summed E-state index contributed by atoms with van der Waals surface area (Å²) in [5.74, 6) is -1.13. The van der Waals surface area contributed by atoms with Crippen LogP contribution in [-0.2, 0) is 0 Å². The second kappa shape index (κ2) is 5.03. The first-order valence-electron chi connectivity index (χ1n) is 4.56. The topological polar surface area (TPSA) is 63.1 Å². The lowest BCUT2D eigenvalue weighted by Crippen LogP contribution is -2.01. The Labute approximate surface area is 111 Å². The monoisotopic (exact) mass is 286 g/mol. The first-order chi connectivity index (χ1) is 8.06. The fourth-order valence-corrected chi connectivity index (χ4v) is 3.04. The number of rotatable bonds is 3. The van der Waals surface area contributed by atoms with Crippen molar-refractivity contribution < 1.29 is 9.90 Å². The van der Waals surface area contributed by atoms with Gasteiger partial charge in [0.1, 0.15) is 5.03 Å². The van der Waals surface area contributed by atoms with Crippen molar-refractivity contribution >= 4 is 40.7 Å². The molecule has 7 heteroatoms. The van der Waals surface area contributed by atoms with Gasteiger partial charge < -0.3 is 5.11 Å². The smallest absolute Gasteiger partial charge is 0.356 e. The zero-order valence-corrected chi connectivity index (χ0v) is 11.1. The van der Waals surface area contributed by atoms with Crippen LogP contribution in [0.4, 0.5) is 0 Å². The summed E-state index contributed by atoms with van der Waals surface area (Å²) in [6.45, 7) is 1.90. The molecule has 0 fully saturated rings. The van der Waals surface area contributed by atoms with Crippen LogP contribution in [0.2, 0.25) is 5.02 Å². The number of aromatic nitrogens is 2. The van der Waals surface area contributed by atoms with Crippen molar-refractivity contribution in [1.29, 1.82) is 0 Å². The molecule has 0 spiro atoms. The average Bonchev–Trinajstić information content (AvgIpc) is 2.66. The van der Waals surface area contributed by atoms with Crippen LogP contribution < -0.4 is 0 Å². The van der Waals surface area contributed by atoms with Crippen molar-refractivity contribution in [2.75, 3.05) is 0 Å². The van der Waals surface area contributed by atoms with E-state index in [-0.39, 0.29) is 10.7 Å². The van der Waals surface area contributed by atoms with Gasteiger partial charge in [0.15, 0.2) is 10.0 Å². The molecule has 2 aromatic rings. The molecule has 0 aliphatic rings. The van der Waals surface area contributed by atoms with Crippen LogP contribution in [0.3, 0.4) is 0 Å². The fourth-order valence-electron chi connectivity index (χ4n) is 1.10. The summed E-state index contributed by atoms with van der Waals surface area (Å²) >= 11 is 8.55. The molecule has 0 saturated heterocycles. The van der Waals surface area contributed by atoms with Gasteiger partial charge in [-0.2, -0.15) is 0 Å². The zero-order valence-electron chi connectivity index (χ0n) is 8.68. The van der Waals surface area contributed by atoms with Crippen LogP contribution in [0.25, 0.3) is 0 Å². The number of halogens is 1. The lowest BCUT2D eigenvalue weighted by molar-refractivity contribution is 0.0690. The lowest BCUT2D eigenvalue weighted by Gasteiger charge is -2.01. The molecule has 88 valence electrons. The Bertz CT molecular complexity index is 571. The summed E-state index contributed by atoms with van der Waals surface area (Å²) in [5, 5.41) is 11.5. The van der Waals surface area contributed by atoms with Crippen LogP contribution in [0.15, 0.2) is 26.9 Å². The molecule has 0 radical (unpaired) electrons. The molecule has 2 rings (SSSR count). The van der Waals surface area contributed by atoms with Crippen molar-refractivity contribution in [3.63, 3.8) is 0 Å². The van der Waals surface area contributed by atoms with Gasteiger partial charge in [0, 0.05) is 11.1 Å². The molecule has 0 bridgehead atoms. The molecule has 0 unspecified atom stereocenters. The van der Waals surface area contributed by atoms with E-state index in [1.165, 1.54) is 29.2 Å². The second-order valence-corrected chi connectivity index (χ2v) is 5.67. The molecule has 2 heterocycles. The summed E-state index contributed by atoms with van der Waals surface area (Å²) in [5.41, 5.74) is 0.801. The van der Waals surface area contributed by atoms with Crippen molar-refractivity contribution in [3.05, 3.63) is 33.9 Å². The summed E-state index contributed by atoms with van der Waals surface area (Å²) in [6, 6.07) is 3.21. The molecule has 0 aliphatic heterocycles. The maximum Gasteiger partial charge on any atom is 0.356 e. The highest BCUT2D eigenvalue weighted by molar-refractivity contribution is 8.01. The third-order valence-corrected chi connectivity index (χ3v) is 4.11. The lowest BCUT2D eigenvalue weighted by atomic mass is 10.3. The second-order valence-electron chi connectivity index (χ2n) is 3.14. The van der Waals surface area contributed by atoms with Crippen molar-refractivity contribution in [2.24, 2.45) is 0 Å². The highest BCUT2D eigenvalue weighted by atomic mass is 35.5. The van der Waals surface area contributed by atoms with Gasteiger partial charge in [0.25, 0.3) is 0 Å². The van der Waals surface area contributed by atoms with Gasteiger partial charge in [-0.25, -0.2) is 14.8 Å². The average molecular weight is 287 g/mol. The Morgan fingerprint density at radius 1 is 1.47 bits per heavy atom. The molecule has 0 amide bonds. The molecule has 17 heavy (non-hydrogen) atoms.